The van der Waals surface area contributed by atoms with Gasteiger partial charge in [-0.25, -0.2) is 4.98 Å². The Labute approximate surface area is 144 Å². The lowest BCUT2D eigenvalue weighted by Gasteiger charge is -2.17. The molecule has 0 aliphatic heterocycles. The van der Waals surface area contributed by atoms with Crippen LogP contribution in [-0.4, -0.2) is 9.55 Å². The molecule has 0 saturated heterocycles. The largest absolute Gasteiger partial charge is 0.398 e. The highest BCUT2D eigenvalue weighted by Crippen LogP contribution is 2.24. The van der Waals surface area contributed by atoms with Gasteiger partial charge in [-0.15, -0.1) is 6.42 Å². The van der Waals surface area contributed by atoms with Crippen molar-refractivity contribution in [3.05, 3.63) is 63.2 Å². The fourth-order valence-electron chi connectivity index (χ4n) is 2.66. The first-order valence-electron chi connectivity index (χ1n) is 7.51. The van der Waals surface area contributed by atoms with Crippen LogP contribution in [0.2, 0.25) is 5.02 Å². The van der Waals surface area contributed by atoms with Gasteiger partial charge in [-0.1, -0.05) is 31.4 Å². The molecular weight excluding hydrogens is 322 g/mol. The monoisotopic (exact) mass is 337 g/mol. The molecule has 0 aliphatic rings. The van der Waals surface area contributed by atoms with Gasteiger partial charge in [0.25, 0.3) is 5.56 Å². The van der Waals surface area contributed by atoms with E-state index in [-0.39, 0.29) is 11.5 Å². The number of nitrogens with two attached hydrogens (primary N) is 1. The SMILES string of the molecule is C#Cc1c(N)ccc2c(=O)n(-c3ccc(Cl)cc3)c(C(C)C)nc12. The summed E-state index contributed by atoms with van der Waals surface area (Å²) in [6.07, 6.45) is 5.57. The zero-order valence-electron chi connectivity index (χ0n) is 13.4. The van der Waals surface area contributed by atoms with Crippen molar-refractivity contribution in [3.8, 4) is 18.0 Å². The summed E-state index contributed by atoms with van der Waals surface area (Å²) < 4.78 is 1.60. The Balaban J connectivity index is 2.46. The maximum absolute atomic E-state index is 13.1. The smallest absolute Gasteiger partial charge is 0.266 e. The van der Waals surface area contributed by atoms with Crippen LogP contribution in [0.1, 0.15) is 31.2 Å². The molecule has 1 aromatic heterocycles. The van der Waals surface area contributed by atoms with Crippen molar-refractivity contribution in [2.24, 2.45) is 0 Å². The molecule has 3 rings (SSSR count). The summed E-state index contributed by atoms with van der Waals surface area (Å²) in [4.78, 5) is 17.8. The van der Waals surface area contributed by atoms with E-state index in [0.717, 1.165) is 0 Å². The van der Waals surface area contributed by atoms with Gasteiger partial charge in [-0.2, -0.15) is 0 Å². The van der Waals surface area contributed by atoms with Crippen LogP contribution in [-0.2, 0) is 0 Å². The number of hydrogen-bond acceptors (Lipinski definition) is 3. The number of hydrogen-bond donors (Lipinski definition) is 1. The van der Waals surface area contributed by atoms with Crippen molar-refractivity contribution < 1.29 is 0 Å². The average molecular weight is 338 g/mol. The molecule has 2 N–H and O–H groups in total. The topological polar surface area (TPSA) is 60.9 Å². The molecule has 120 valence electrons. The lowest BCUT2D eigenvalue weighted by molar-refractivity contribution is 0.723. The van der Waals surface area contributed by atoms with Crippen molar-refractivity contribution in [2.45, 2.75) is 19.8 Å². The van der Waals surface area contributed by atoms with Crippen LogP contribution in [0, 0.1) is 12.3 Å². The Morgan fingerprint density at radius 3 is 2.46 bits per heavy atom. The van der Waals surface area contributed by atoms with Gasteiger partial charge in [0, 0.05) is 16.6 Å². The van der Waals surface area contributed by atoms with Crippen LogP contribution in [0.15, 0.2) is 41.2 Å². The Morgan fingerprint density at radius 2 is 1.88 bits per heavy atom. The minimum absolute atomic E-state index is 0.0184. The number of fused-ring (bicyclic) bond motifs is 1. The number of anilines is 1. The quantitative estimate of drug-likeness (QED) is 0.572. The third-order valence-electron chi connectivity index (χ3n) is 3.84. The molecule has 0 unspecified atom stereocenters. The molecule has 1 heterocycles. The number of aromatic nitrogens is 2. The Kier molecular flexibility index (Phi) is 4.04. The van der Waals surface area contributed by atoms with Crippen LogP contribution in [0.4, 0.5) is 5.69 Å². The molecule has 0 fully saturated rings. The van der Waals surface area contributed by atoms with E-state index in [2.05, 4.69) is 10.9 Å². The molecule has 0 bridgehead atoms. The van der Waals surface area contributed by atoms with Crippen molar-refractivity contribution in [3.63, 3.8) is 0 Å². The predicted octanol–water partition coefficient (Wildman–Crippen LogP) is 3.73. The van der Waals surface area contributed by atoms with Gasteiger partial charge in [0.05, 0.1) is 22.2 Å². The van der Waals surface area contributed by atoms with Crippen molar-refractivity contribution in [2.75, 3.05) is 5.73 Å². The molecule has 24 heavy (non-hydrogen) atoms. The minimum Gasteiger partial charge on any atom is -0.398 e. The molecule has 0 amide bonds. The van der Waals surface area contributed by atoms with E-state index in [1.165, 1.54) is 0 Å². The average Bonchev–Trinajstić information content (AvgIpc) is 2.55. The van der Waals surface area contributed by atoms with Crippen LogP contribution in [0.3, 0.4) is 0 Å². The fraction of sp³-hybridized carbons (Fsp3) is 0.158. The number of terminal acetylenes is 1. The molecule has 2 aromatic carbocycles. The molecule has 0 aliphatic carbocycles. The zero-order chi connectivity index (χ0) is 17.4. The van der Waals surface area contributed by atoms with Gasteiger partial charge in [0.15, 0.2) is 0 Å². The zero-order valence-corrected chi connectivity index (χ0v) is 14.1. The minimum atomic E-state index is -0.178. The molecule has 0 spiro atoms. The fourth-order valence-corrected chi connectivity index (χ4v) is 2.79. The van der Waals surface area contributed by atoms with E-state index >= 15 is 0 Å². The van der Waals surface area contributed by atoms with Crippen LogP contribution < -0.4 is 11.3 Å². The highest BCUT2D eigenvalue weighted by Gasteiger charge is 2.17. The first-order chi connectivity index (χ1) is 11.4. The molecule has 5 heteroatoms. The first-order valence-corrected chi connectivity index (χ1v) is 7.89. The van der Waals surface area contributed by atoms with E-state index in [4.69, 9.17) is 23.8 Å². The molecule has 0 radical (unpaired) electrons. The summed E-state index contributed by atoms with van der Waals surface area (Å²) in [7, 11) is 0. The van der Waals surface area contributed by atoms with Gasteiger partial charge >= 0.3 is 0 Å². The predicted molar refractivity (Wildman–Crippen MR) is 98.8 cm³/mol. The van der Waals surface area contributed by atoms with Crippen molar-refractivity contribution >= 4 is 28.2 Å². The Morgan fingerprint density at radius 1 is 1.21 bits per heavy atom. The van der Waals surface area contributed by atoms with E-state index in [1.807, 2.05) is 13.8 Å². The third kappa shape index (κ3) is 2.53. The number of rotatable bonds is 2. The van der Waals surface area contributed by atoms with Crippen LogP contribution in [0.5, 0.6) is 0 Å². The third-order valence-corrected chi connectivity index (χ3v) is 4.10. The molecule has 4 nitrogen and oxygen atoms in total. The lowest BCUT2D eigenvalue weighted by Crippen LogP contribution is -2.25. The standard InChI is InChI=1S/C19H16ClN3O/c1-4-14-16(21)10-9-15-17(14)22-18(11(2)3)23(19(15)24)13-7-5-12(20)6-8-13/h1,5-11H,21H2,2-3H3. The Hall–Kier alpha value is -2.77. The van der Waals surface area contributed by atoms with Crippen molar-refractivity contribution in [1.82, 2.24) is 9.55 Å². The van der Waals surface area contributed by atoms with Gasteiger partial charge in [0.2, 0.25) is 0 Å². The van der Waals surface area contributed by atoms with E-state index in [1.54, 1.807) is 41.0 Å². The second-order valence-corrected chi connectivity index (χ2v) is 6.25. The maximum Gasteiger partial charge on any atom is 0.266 e. The van der Waals surface area contributed by atoms with Gasteiger partial charge < -0.3 is 5.73 Å². The van der Waals surface area contributed by atoms with Gasteiger partial charge in [-0.05, 0) is 36.4 Å². The van der Waals surface area contributed by atoms with Gasteiger partial charge in [0.1, 0.15) is 5.82 Å². The molecular formula is C19H16ClN3O. The summed E-state index contributed by atoms with van der Waals surface area (Å²) in [5.41, 5.74) is 7.83. The van der Waals surface area contributed by atoms with Crippen LogP contribution in [0.25, 0.3) is 16.6 Å². The van der Waals surface area contributed by atoms with E-state index in [0.29, 0.717) is 38.7 Å². The van der Waals surface area contributed by atoms with E-state index < -0.39 is 0 Å². The maximum atomic E-state index is 13.1. The van der Waals surface area contributed by atoms with Crippen molar-refractivity contribution in [1.29, 1.82) is 0 Å². The second kappa shape index (κ2) is 6.03. The number of nitrogens with zero attached hydrogens (tertiary/aromatic N) is 2. The second-order valence-electron chi connectivity index (χ2n) is 5.81. The highest BCUT2D eigenvalue weighted by molar-refractivity contribution is 6.30. The van der Waals surface area contributed by atoms with Gasteiger partial charge in [-0.3, -0.25) is 9.36 Å². The number of benzene rings is 2. The Bertz CT molecular complexity index is 1030. The highest BCUT2D eigenvalue weighted by atomic mass is 35.5. The first kappa shape index (κ1) is 16.1. The summed E-state index contributed by atoms with van der Waals surface area (Å²) in [5, 5.41) is 1.05. The summed E-state index contributed by atoms with van der Waals surface area (Å²) >= 11 is 5.95. The number of halogens is 1. The number of nitrogen functional groups attached to an aromatic ring is 1. The van der Waals surface area contributed by atoms with Crippen LogP contribution >= 0.6 is 11.6 Å². The normalized spacial score (nSPS) is 11.0. The summed E-state index contributed by atoms with van der Waals surface area (Å²) in [6.45, 7) is 3.95. The van der Waals surface area contributed by atoms with E-state index in [9.17, 15) is 4.79 Å². The molecule has 0 atom stereocenters. The summed E-state index contributed by atoms with van der Waals surface area (Å²) in [6, 6.07) is 10.4. The molecule has 3 aromatic rings. The summed E-state index contributed by atoms with van der Waals surface area (Å²) in [5.74, 6) is 3.19. The molecule has 0 saturated carbocycles. The lowest BCUT2D eigenvalue weighted by atomic mass is 10.1.